The fourth-order valence-corrected chi connectivity index (χ4v) is 2.32. The van der Waals surface area contributed by atoms with Gasteiger partial charge < -0.3 is 10.2 Å². The van der Waals surface area contributed by atoms with Gasteiger partial charge in [0.2, 0.25) is 0 Å². The Bertz CT molecular complexity index is 471. The Hall–Kier alpha value is -1.84. The highest BCUT2D eigenvalue weighted by atomic mass is 16.2. The van der Waals surface area contributed by atoms with Crippen LogP contribution >= 0.6 is 0 Å². The zero-order valence-corrected chi connectivity index (χ0v) is 11.3. The number of carbonyl (C=O) groups excluding carboxylic acids is 2. The second kappa shape index (κ2) is 6.36. The number of benzene rings is 1. The number of unbranched alkanes of at least 4 members (excludes halogenated alkanes) is 1. The lowest BCUT2D eigenvalue weighted by atomic mass is 10.0. The van der Waals surface area contributed by atoms with Crippen molar-refractivity contribution in [2.75, 3.05) is 18.0 Å². The molecule has 19 heavy (non-hydrogen) atoms. The molecular formula is C15H20N2O2. The van der Waals surface area contributed by atoms with Crippen molar-refractivity contribution in [3.8, 4) is 0 Å². The third kappa shape index (κ3) is 3.13. The molecule has 0 aromatic heterocycles. The van der Waals surface area contributed by atoms with Crippen LogP contribution in [0.2, 0.25) is 0 Å². The summed E-state index contributed by atoms with van der Waals surface area (Å²) in [5.74, 6) is -0.937. The van der Waals surface area contributed by atoms with Crippen LogP contribution in [0, 0.1) is 0 Å². The highest BCUT2D eigenvalue weighted by Gasteiger charge is 2.26. The van der Waals surface area contributed by atoms with E-state index in [-0.39, 0.29) is 0 Å². The van der Waals surface area contributed by atoms with Gasteiger partial charge in [0.1, 0.15) is 0 Å². The van der Waals surface area contributed by atoms with Crippen molar-refractivity contribution in [3.63, 3.8) is 0 Å². The SMILES string of the molecule is CCCCNC(=O)C(=O)N1CCCc2ccccc21. The van der Waals surface area contributed by atoms with Crippen molar-refractivity contribution < 1.29 is 9.59 Å². The minimum atomic E-state index is -0.495. The van der Waals surface area contributed by atoms with Crippen molar-refractivity contribution in [2.45, 2.75) is 32.6 Å². The number of nitrogens with one attached hydrogen (secondary N) is 1. The van der Waals surface area contributed by atoms with Gasteiger partial charge in [0.05, 0.1) is 0 Å². The first-order valence-electron chi connectivity index (χ1n) is 6.91. The molecule has 0 radical (unpaired) electrons. The monoisotopic (exact) mass is 260 g/mol. The van der Waals surface area contributed by atoms with E-state index >= 15 is 0 Å². The lowest BCUT2D eigenvalue weighted by molar-refractivity contribution is -0.137. The Balaban J connectivity index is 2.06. The molecule has 0 saturated heterocycles. The molecule has 1 aliphatic rings. The first-order valence-corrected chi connectivity index (χ1v) is 6.91. The van der Waals surface area contributed by atoms with Gasteiger partial charge in [-0.1, -0.05) is 31.5 Å². The number of rotatable bonds is 3. The molecule has 0 saturated carbocycles. The third-order valence-corrected chi connectivity index (χ3v) is 3.37. The van der Waals surface area contributed by atoms with Crippen LogP contribution in [0.5, 0.6) is 0 Å². The summed E-state index contributed by atoms with van der Waals surface area (Å²) in [5.41, 5.74) is 2.02. The number of hydrogen-bond donors (Lipinski definition) is 1. The van der Waals surface area contributed by atoms with Crippen molar-refractivity contribution in [1.29, 1.82) is 0 Å². The van der Waals surface area contributed by atoms with Gasteiger partial charge in [-0.2, -0.15) is 0 Å². The summed E-state index contributed by atoms with van der Waals surface area (Å²) in [6.45, 7) is 3.24. The van der Waals surface area contributed by atoms with Crippen LogP contribution in [-0.2, 0) is 16.0 Å². The van der Waals surface area contributed by atoms with Gasteiger partial charge in [-0.25, -0.2) is 0 Å². The highest BCUT2D eigenvalue weighted by molar-refractivity contribution is 6.40. The van der Waals surface area contributed by atoms with E-state index in [1.807, 2.05) is 24.3 Å². The summed E-state index contributed by atoms with van der Waals surface area (Å²) in [6.07, 6.45) is 3.78. The molecule has 0 spiro atoms. The van der Waals surface area contributed by atoms with Gasteiger partial charge in [-0.3, -0.25) is 9.59 Å². The molecule has 4 heteroatoms. The number of amides is 2. The van der Waals surface area contributed by atoms with E-state index in [9.17, 15) is 9.59 Å². The molecule has 0 fully saturated rings. The van der Waals surface area contributed by atoms with Crippen LogP contribution in [0.25, 0.3) is 0 Å². The van der Waals surface area contributed by atoms with E-state index in [0.29, 0.717) is 13.1 Å². The average Bonchev–Trinajstić information content (AvgIpc) is 2.46. The van der Waals surface area contributed by atoms with Gasteiger partial charge in [0.15, 0.2) is 0 Å². The molecule has 1 N–H and O–H groups in total. The topological polar surface area (TPSA) is 49.4 Å². The molecule has 1 aromatic rings. The molecule has 0 unspecified atom stereocenters. The Morgan fingerprint density at radius 1 is 1.32 bits per heavy atom. The van der Waals surface area contributed by atoms with E-state index in [1.165, 1.54) is 0 Å². The van der Waals surface area contributed by atoms with E-state index in [0.717, 1.165) is 36.9 Å². The summed E-state index contributed by atoms with van der Waals surface area (Å²) in [6, 6.07) is 7.79. The summed E-state index contributed by atoms with van der Waals surface area (Å²) in [5, 5.41) is 2.68. The van der Waals surface area contributed by atoms with Crippen LogP contribution in [0.15, 0.2) is 24.3 Å². The van der Waals surface area contributed by atoms with E-state index in [1.54, 1.807) is 4.90 Å². The first-order chi connectivity index (χ1) is 9.24. The lowest BCUT2D eigenvalue weighted by Gasteiger charge is -2.28. The van der Waals surface area contributed by atoms with Crippen molar-refractivity contribution >= 4 is 17.5 Å². The predicted molar refractivity (Wildman–Crippen MR) is 75.0 cm³/mol. The van der Waals surface area contributed by atoms with Crippen LogP contribution in [0.1, 0.15) is 31.7 Å². The zero-order chi connectivity index (χ0) is 13.7. The minimum absolute atomic E-state index is 0.441. The number of aryl methyl sites for hydroxylation is 1. The van der Waals surface area contributed by atoms with Crippen LogP contribution in [0.4, 0.5) is 5.69 Å². The van der Waals surface area contributed by atoms with E-state index in [2.05, 4.69) is 12.2 Å². The number of anilines is 1. The second-order valence-corrected chi connectivity index (χ2v) is 4.80. The van der Waals surface area contributed by atoms with Gasteiger partial charge >= 0.3 is 11.8 Å². The molecule has 1 aromatic carbocycles. The first kappa shape index (κ1) is 13.6. The van der Waals surface area contributed by atoms with E-state index < -0.39 is 11.8 Å². The third-order valence-electron chi connectivity index (χ3n) is 3.37. The fourth-order valence-electron chi connectivity index (χ4n) is 2.32. The van der Waals surface area contributed by atoms with Gasteiger partial charge in [0.25, 0.3) is 0 Å². The van der Waals surface area contributed by atoms with Crippen molar-refractivity contribution in [3.05, 3.63) is 29.8 Å². The summed E-state index contributed by atoms with van der Waals surface area (Å²) in [7, 11) is 0. The highest BCUT2D eigenvalue weighted by Crippen LogP contribution is 2.26. The van der Waals surface area contributed by atoms with Gasteiger partial charge in [-0.05, 0) is 30.9 Å². The Kier molecular flexibility index (Phi) is 4.55. The molecule has 102 valence electrons. The normalized spacial score (nSPS) is 13.8. The summed E-state index contributed by atoms with van der Waals surface area (Å²) < 4.78 is 0. The number of para-hydroxylation sites is 1. The number of nitrogens with zero attached hydrogens (tertiary/aromatic N) is 1. The lowest BCUT2D eigenvalue weighted by Crippen LogP contribution is -2.45. The largest absolute Gasteiger partial charge is 0.348 e. The minimum Gasteiger partial charge on any atom is -0.348 e. The molecule has 2 amide bonds. The number of fused-ring (bicyclic) bond motifs is 1. The molecule has 4 nitrogen and oxygen atoms in total. The van der Waals surface area contributed by atoms with Crippen molar-refractivity contribution in [1.82, 2.24) is 5.32 Å². The smallest absolute Gasteiger partial charge is 0.316 e. The molecule has 0 bridgehead atoms. The second-order valence-electron chi connectivity index (χ2n) is 4.80. The molecule has 1 heterocycles. The maximum Gasteiger partial charge on any atom is 0.316 e. The maximum absolute atomic E-state index is 12.2. The molecule has 1 aliphatic heterocycles. The number of carbonyl (C=O) groups is 2. The quantitative estimate of drug-likeness (QED) is 0.666. The molecule has 2 rings (SSSR count). The Morgan fingerprint density at radius 2 is 2.11 bits per heavy atom. The van der Waals surface area contributed by atoms with Crippen LogP contribution in [-0.4, -0.2) is 24.9 Å². The van der Waals surface area contributed by atoms with E-state index in [4.69, 9.17) is 0 Å². The molecule has 0 atom stereocenters. The molecule has 0 aliphatic carbocycles. The van der Waals surface area contributed by atoms with Gasteiger partial charge in [0, 0.05) is 18.8 Å². The van der Waals surface area contributed by atoms with Crippen LogP contribution < -0.4 is 10.2 Å². The molecular weight excluding hydrogens is 240 g/mol. The van der Waals surface area contributed by atoms with Gasteiger partial charge in [-0.15, -0.1) is 0 Å². The zero-order valence-electron chi connectivity index (χ0n) is 11.3. The Morgan fingerprint density at radius 3 is 2.89 bits per heavy atom. The average molecular weight is 260 g/mol. The fraction of sp³-hybridized carbons (Fsp3) is 0.467. The standard InChI is InChI=1S/C15H20N2O2/c1-2-3-10-16-14(18)15(19)17-11-6-8-12-7-4-5-9-13(12)17/h4-5,7,9H,2-3,6,8,10-11H2,1H3,(H,16,18). The van der Waals surface area contributed by atoms with Crippen LogP contribution in [0.3, 0.4) is 0 Å². The maximum atomic E-state index is 12.2. The van der Waals surface area contributed by atoms with Crippen molar-refractivity contribution in [2.24, 2.45) is 0 Å². The Labute approximate surface area is 113 Å². The number of hydrogen-bond acceptors (Lipinski definition) is 2. The predicted octanol–water partition coefficient (Wildman–Crippen LogP) is 1.88. The summed E-state index contributed by atoms with van der Waals surface area (Å²) in [4.78, 5) is 25.6. The summed E-state index contributed by atoms with van der Waals surface area (Å²) >= 11 is 0.